The maximum atomic E-state index is 12.8. The fourth-order valence-electron chi connectivity index (χ4n) is 2.96. The van der Waals surface area contributed by atoms with Crippen LogP contribution in [0.15, 0.2) is 0 Å². The number of thioether (sulfide) groups is 2. The molecule has 0 bridgehead atoms. The number of hydrogen-bond donors (Lipinski definition) is 1. The summed E-state index contributed by atoms with van der Waals surface area (Å²) in [6, 6.07) is 0. The van der Waals surface area contributed by atoms with Crippen molar-refractivity contribution in [2.45, 2.75) is 60.5 Å². The van der Waals surface area contributed by atoms with Gasteiger partial charge in [-0.3, -0.25) is 4.79 Å². The fraction of sp³-hybridized carbons (Fsp3) is 0.875. The lowest BCUT2D eigenvalue weighted by Crippen LogP contribution is -2.51. The number of esters is 1. The third-order valence-electron chi connectivity index (χ3n) is 4.74. The first-order valence-corrected chi connectivity index (χ1v) is 10.4. The van der Waals surface area contributed by atoms with Gasteiger partial charge in [0.05, 0.1) is 16.6 Å². The first kappa shape index (κ1) is 17.3. The van der Waals surface area contributed by atoms with E-state index in [1.165, 1.54) is 30.6 Å². The predicted molar refractivity (Wildman–Crippen MR) is 92.9 cm³/mol. The van der Waals surface area contributed by atoms with Gasteiger partial charge in [0.25, 0.3) is 0 Å². The third-order valence-corrected chi connectivity index (χ3v) is 8.52. The minimum Gasteiger partial charge on any atom is -0.466 e. The van der Waals surface area contributed by atoms with E-state index >= 15 is 0 Å². The van der Waals surface area contributed by atoms with E-state index in [0.717, 1.165) is 0 Å². The molecule has 3 fully saturated rings. The van der Waals surface area contributed by atoms with Gasteiger partial charge in [-0.15, -0.1) is 23.5 Å². The quantitative estimate of drug-likeness (QED) is 0.555. The summed E-state index contributed by atoms with van der Waals surface area (Å²) >= 11 is 3.89. The second-order valence-corrected chi connectivity index (χ2v) is 9.77. The van der Waals surface area contributed by atoms with Crippen LogP contribution in [0.4, 0.5) is 4.79 Å². The highest BCUT2D eigenvalue weighted by Gasteiger charge is 2.52. The molecule has 3 aliphatic rings. The van der Waals surface area contributed by atoms with Crippen LogP contribution in [-0.2, 0) is 9.53 Å². The lowest BCUT2D eigenvalue weighted by Gasteiger charge is -2.43. The Bertz CT molecular complexity index is 443. The number of carboxylic acid groups (broad SMARTS) is 1. The van der Waals surface area contributed by atoms with Gasteiger partial charge in [0.15, 0.2) is 0 Å². The van der Waals surface area contributed by atoms with E-state index in [4.69, 9.17) is 4.74 Å². The van der Waals surface area contributed by atoms with Gasteiger partial charge in [-0.25, -0.2) is 4.79 Å². The summed E-state index contributed by atoms with van der Waals surface area (Å²) in [4.78, 5) is 25.5. The van der Waals surface area contributed by atoms with Crippen LogP contribution in [0.2, 0.25) is 0 Å². The second-order valence-electron chi connectivity index (χ2n) is 6.65. The first-order valence-electron chi connectivity index (χ1n) is 8.51. The zero-order valence-electron chi connectivity index (χ0n) is 13.5. The number of rotatable bonds is 7. The SMILES string of the molecule is CCOC(=O)C1(C(SC2CC2)SC2CC2)CCN(C(=O)O)CC1. The molecule has 1 saturated heterocycles. The lowest BCUT2D eigenvalue weighted by molar-refractivity contribution is -0.157. The molecule has 2 saturated carbocycles. The lowest BCUT2D eigenvalue weighted by atomic mass is 9.80. The van der Waals surface area contributed by atoms with E-state index in [2.05, 4.69) is 0 Å². The van der Waals surface area contributed by atoms with Crippen molar-refractivity contribution in [1.82, 2.24) is 4.90 Å². The molecule has 7 heteroatoms. The Hall–Kier alpha value is -0.560. The maximum Gasteiger partial charge on any atom is 0.407 e. The highest BCUT2D eigenvalue weighted by Crippen LogP contribution is 2.55. The van der Waals surface area contributed by atoms with Crippen molar-refractivity contribution in [3.05, 3.63) is 0 Å². The summed E-state index contributed by atoms with van der Waals surface area (Å²) < 4.78 is 5.64. The van der Waals surface area contributed by atoms with Crippen LogP contribution in [-0.4, -0.2) is 56.8 Å². The minimum atomic E-state index is -0.885. The molecule has 3 rings (SSSR count). The van der Waals surface area contributed by atoms with Gasteiger partial charge in [0.1, 0.15) is 0 Å². The summed E-state index contributed by atoms with van der Waals surface area (Å²) in [6.07, 6.45) is 5.26. The monoisotopic (exact) mass is 359 g/mol. The molecule has 0 aromatic rings. The number of hydrogen-bond acceptors (Lipinski definition) is 5. The number of carbonyl (C=O) groups is 2. The Kier molecular flexibility index (Phi) is 5.35. The summed E-state index contributed by atoms with van der Waals surface area (Å²) in [5, 5.41) is 10.6. The number of amides is 1. The number of nitrogens with zero attached hydrogens (tertiary/aromatic N) is 1. The highest BCUT2D eigenvalue weighted by atomic mass is 32.2. The van der Waals surface area contributed by atoms with Crippen molar-refractivity contribution in [3.8, 4) is 0 Å². The number of likely N-dealkylation sites (tertiary alicyclic amines) is 1. The topological polar surface area (TPSA) is 66.8 Å². The van der Waals surface area contributed by atoms with Crippen molar-refractivity contribution in [1.29, 1.82) is 0 Å². The molecule has 5 nitrogen and oxygen atoms in total. The van der Waals surface area contributed by atoms with E-state index in [1.807, 2.05) is 30.4 Å². The molecular formula is C16H25NO4S2. The molecular weight excluding hydrogens is 334 g/mol. The summed E-state index contributed by atoms with van der Waals surface area (Å²) in [5.74, 6) is -0.115. The number of piperidine rings is 1. The van der Waals surface area contributed by atoms with Crippen LogP contribution < -0.4 is 0 Å². The maximum absolute atomic E-state index is 12.8. The average Bonchev–Trinajstić information content (AvgIpc) is 3.42. The Morgan fingerprint density at radius 1 is 1.17 bits per heavy atom. The molecule has 0 aromatic carbocycles. The van der Waals surface area contributed by atoms with Crippen molar-refractivity contribution in [3.63, 3.8) is 0 Å². The standard InChI is InChI=1S/C16H25NO4S2/c1-2-21-13(18)16(7-9-17(10-8-16)15(19)20)14(22-11-3-4-11)23-12-5-6-12/h11-12,14H,2-10H2,1H3,(H,19,20). The molecule has 0 spiro atoms. The summed E-state index contributed by atoms with van der Waals surface area (Å²) in [7, 11) is 0. The molecule has 1 N–H and O–H groups in total. The van der Waals surface area contributed by atoms with Crippen LogP contribution in [0, 0.1) is 5.41 Å². The summed E-state index contributed by atoms with van der Waals surface area (Å²) in [6.45, 7) is 3.09. The van der Waals surface area contributed by atoms with E-state index in [9.17, 15) is 14.7 Å². The molecule has 130 valence electrons. The molecule has 0 atom stereocenters. The molecule has 23 heavy (non-hydrogen) atoms. The Labute approximate surface area is 145 Å². The highest BCUT2D eigenvalue weighted by molar-refractivity contribution is 8.17. The van der Waals surface area contributed by atoms with Gasteiger partial charge in [0, 0.05) is 23.6 Å². The van der Waals surface area contributed by atoms with Crippen LogP contribution in [0.5, 0.6) is 0 Å². The number of ether oxygens (including phenoxy) is 1. The van der Waals surface area contributed by atoms with Crippen molar-refractivity contribution in [2.75, 3.05) is 19.7 Å². The van der Waals surface area contributed by atoms with E-state index in [-0.39, 0.29) is 10.6 Å². The predicted octanol–water partition coefficient (Wildman–Crippen LogP) is 3.43. The molecule has 1 heterocycles. The Morgan fingerprint density at radius 2 is 1.70 bits per heavy atom. The third kappa shape index (κ3) is 4.10. The molecule has 1 aliphatic heterocycles. The van der Waals surface area contributed by atoms with E-state index in [0.29, 0.717) is 43.0 Å². The van der Waals surface area contributed by atoms with Crippen LogP contribution in [0.3, 0.4) is 0 Å². The normalized spacial score (nSPS) is 23.8. The van der Waals surface area contributed by atoms with Crippen LogP contribution >= 0.6 is 23.5 Å². The van der Waals surface area contributed by atoms with Crippen molar-refractivity contribution >= 4 is 35.6 Å². The van der Waals surface area contributed by atoms with Crippen LogP contribution in [0.25, 0.3) is 0 Å². The zero-order chi connectivity index (χ0) is 16.4. The zero-order valence-corrected chi connectivity index (χ0v) is 15.2. The largest absolute Gasteiger partial charge is 0.466 e. The van der Waals surface area contributed by atoms with Gasteiger partial charge in [0.2, 0.25) is 0 Å². The summed E-state index contributed by atoms with van der Waals surface area (Å²) in [5.41, 5.74) is -0.525. The van der Waals surface area contributed by atoms with E-state index < -0.39 is 11.5 Å². The van der Waals surface area contributed by atoms with Crippen LogP contribution in [0.1, 0.15) is 45.4 Å². The molecule has 0 radical (unpaired) electrons. The Balaban J connectivity index is 1.77. The van der Waals surface area contributed by atoms with Gasteiger partial charge in [-0.05, 0) is 45.4 Å². The van der Waals surface area contributed by atoms with Crippen molar-refractivity contribution in [2.24, 2.45) is 5.41 Å². The van der Waals surface area contributed by atoms with E-state index in [1.54, 1.807) is 0 Å². The fourth-order valence-corrected chi connectivity index (χ4v) is 6.86. The molecule has 2 aliphatic carbocycles. The number of carbonyl (C=O) groups excluding carboxylic acids is 1. The molecule has 1 amide bonds. The molecule has 0 aromatic heterocycles. The second kappa shape index (κ2) is 7.13. The smallest absolute Gasteiger partial charge is 0.407 e. The van der Waals surface area contributed by atoms with Gasteiger partial charge >= 0.3 is 12.1 Å². The average molecular weight is 360 g/mol. The van der Waals surface area contributed by atoms with Gasteiger partial charge in [-0.1, -0.05) is 0 Å². The van der Waals surface area contributed by atoms with Gasteiger partial charge in [-0.2, -0.15) is 0 Å². The Morgan fingerprint density at radius 3 is 2.09 bits per heavy atom. The minimum absolute atomic E-state index is 0.115. The van der Waals surface area contributed by atoms with Gasteiger partial charge < -0.3 is 14.7 Å². The van der Waals surface area contributed by atoms with Crippen molar-refractivity contribution < 1.29 is 19.4 Å². The molecule has 0 unspecified atom stereocenters. The first-order chi connectivity index (χ1) is 11.0.